The summed E-state index contributed by atoms with van der Waals surface area (Å²) in [7, 11) is 0. The summed E-state index contributed by atoms with van der Waals surface area (Å²) >= 11 is 0. The van der Waals surface area contributed by atoms with Crippen LogP contribution >= 0.6 is 0 Å². The van der Waals surface area contributed by atoms with Gasteiger partial charge >= 0.3 is 5.97 Å². The number of H-pyrrole nitrogens is 1. The lowest BCUT2D eigenvalue weighted by Gasteiger charge is -2.06. The summed E-state index contributed by atoms with van der Waals surface area (Å²) in [5, 5.41) is 22.3. The number of aromatic nitrogens is 2. The van der Waals surface area contributed by atoms with Gasteiger partial charge in [-0.2, -0.15) is 10.4 Å². The van der Waals surface area contributed by atoms with Crippen LogP contribution in [0.5, 0.6) is 0 Å². The van der Waals surface area contributed by atoms with Gasteiger partial charge in [0.1, 0.15) is 11.6 Å². The maximum atomic E-state index is 12.2. The Balaban J connectivity index is 1.93. The van der Waals surface area contributed by atoms with Crippen molar-refractivity contribution >= 4 is 18.1 Å². The van der Waals surface area contributed by atoms with Crippen molar-refractivity contribution in [2.75, 3.05) is 5.43 Å². The Morgan fingerprint density at radius 1 is 1.19 bits per heavy atom. The molecule has 0 fully saturated rings. The van der Waals surface area contributed by atoms with Crippen molar-refractivity contribution < 1.29 is 9.90 Å². The number of aromatic carboxylic acids is 1. The summed E-state index contributed by atoms with van der Waals surface area (Å²) in [6.07, 6.45) is 1.31. The van der Waals surface area contributed by atoms with Gasteiger partial charge in [0, 0.05) is 11.1 Å². The lowest BCUT2D eigenvalue weighted by atomic mass is 10.1. The molecule has 0 aliphatic rings. The zero-order chi connectivity index (χ0) is 19.2. The highest BCUT2D eigenvalue weighted by molar-refractivity contribution is 5.98. The Labute approximate surface area is 153 Å². The van der Waals surface area contributed by atoms with E-state index in [1.807, 2.05) is 12.1 Å². The van der Waals surface area contributed by atoms with Crippen LogP contribution in [0.1, 0.15) is 21.5 Å². The summed E-state index contributed by atoms with van der Waals surface area (Å²) in [6, 6.07) is 17.0. The number of aromatic amines is 1. The lowest BCUT2D eigenvalue weighted by molar-refractivity contribution is 0.0697. The van der Waals surface area contributed by atoms with E-state index < -0.39 is 11.5 Å². The summed E-state index contributed by atoms with van der Waals surface area (Å²) < 4.78 is 0. The summed E-state index contributed by atoms with van der Waals surface area (Å²) in [5.74, 6) is -1.05. The van der Waals surface area contributed by atoms with Gasteiger partial charge in [0.05, 0.1) is 17.5 Å². The van der Waals surface area contributed by atoms with Gasteiger partial charge in [-0.05, 0) is 6.07 Å². The van der Waals surface area contributed by atoms with E-state index in [0.717, 1.165) is 0 Å². The highest BCUT2D eigenvalue weighted by atomic mass is 16.4. The minimum Gasteiger partial charge on any atom is -0.478 e. The molecule has 0 aliphatic carbocycles. The van der Waals surface area contributed by atoms with Gasteiger partial charge in [-0.3, -0.25) is 9.78 Å². The SMILES string of the molecule is N#Cc1c(-c2ccccc2)nc(NN=Cc2ccccc2C(=O)O)[nH]c1=O. The highest BCUT2D eigenvalue weighted by Crippen LogP contribution is 2.19. The molecular formula is C19H13N5O3. The van der Waals surface area contributed by atoms with Crippen molar-refractivity contribution in [1.82, 2.24) is 9.97 Å². The first-order chi connectivity index (χ1) is 13.1. The Bertz CT molecular complexity index is 1110. The van der Waals surface area contributed by atoms with Crippen LogP contribution in [0.4, 0.5) is 5.95 Å². The monoisotopic (exact) mass is 359 g/mol. The molecule has 3 N–H and O–H groups in total. The van der Waals surface area contributed by atoms with Gasteiger partial charge < -0.3 is 5.11 Å². The molecular weight excluding hydrogens is 346 g/mol. The van der Waals surface area contributed by atoms with E-state index in [4.69, 9.17) is 5.11 Å². The second-order valence-electron chi connectivity index (χ2n) is 5.38. The molecule has 1 aromatic heterocycles. The molecule has 3 rings (SSSR count). The smallest absolute Gasteiger partial charge is 0.336 e. The van der Waals surface area contributed by atoms with Gasteiger partial charge in [-0.15, -0.1) is 0 Å². The van der Waals surface area contributed by atoms with Gasteiger partial charge in [0.25, 0.3) is 5.56 Å². The number of nitriles is 1. The van der Waals surface area contributed by atoms with Crippen molar-refractivity contribution in [2.45, 2.75) is 0 Å². The molecule has 8 nitrogen and oxygen atoms in total. The number of anilines is 1. The van der Waals surface area contributed by atoms with Gasteiger partial charge in [-0.25, -0.2) is 15.2 Å². The quantitative estimate of drug-likeness (QED) is 0.474. The number of carbonyl (C=O) groups is 1. The fourth-order valence-electron chi connectivity index (χ4n) is 2.40. The number of carboxylic acids is 1. The van der Waals surface area contributed by atoms with Crippen LogP contribution in [0.15, 0.2) is 64.5 Å². The number of nitrogens with one attached hydrogen (secondary N) is 2. The molecule has 0 saturated carbocycles. The zero-order valence-corrected chi connectivity index (χ0v) is 13.9. The van der Waals surface area contributed by atoms with Gasteiger partial charge in [0.15, 0.2) is 0 Å². The molecule has 0 saturated heterocycles. The van der Waals surface area contributed by atoms with E-state index in [9.17, 15) is 14.9 Å². The van der Waals surface area contributed by atoms with Crippen LogP contribution in [0.2, 0.25) is 0 Å². The molecule has 0 spiro atoms. The first kappa shape index (κ1) is 17.6. The van der Waals surface area contributed by atoms with E-state index >= 15 is 0 Å². The predicted molar refractivity (Wildman–Crippen MR) is 99.6 cm³/mol. The fourth-order valence-corrected chi connectivity index (χ4v) is 2.40. The standard InChI is InChI=1S/C19H13N5O3/c20-10-15-16(12-6-2-1-3-7-12)22-19(23-17(15)25)24-21-11-13-8-4-5-9-14(13)18(26)27/h1-9,11H,(H,26,27)(H2,22,23,24,25). The number of hydrogen-bond acceptors (Lipinski definition) is 6. The van der Waals surface area contributed by atoms with Gasteiger partial charge in [-0.1, -0.05) is 48.5 Å². The maximum Gasteiger partial charge on any atom is 0.336 e. The molecule has 27 heavy (non-hydrogen) atoms. The van der Waals surface area contributed by atoms with Crippen LogP contribution in [-0.4, -0.2) is 27.3 Å². The van der Waals surface area contributed by atoms with Crippen LogP contribution in [0, 0.1) is 11.3 Å². The van der Waals surface area contributed by atoms with E-state index in [-0.39, 0.29) is 22.8 Å². The van der Waals surface area contributed by atoms with E-state index in [1.165, 1.54) is 12.3 Å². The van der Waals surface area contributed by atoms with E-state index in [1.54, 1.807) is 42.5 Å². The second kappa shape index (κ2) is 7.76. The van der Waals surface area contributed by atoms with Crippen molar-refractivity contribution in [3.05, 3.63) is 81.6 Å². The number of hydrogen-bond donors (Lipinski definition) is 3. The molecule has 0 aliphatic heterocycles. The molecule has 2 aromatic carbocycles. The molecule has 1 heterocycles. The number of hydrazone groups is 1. The van der Waals surface area contributed by atoms with Crippen molar-refractivity contribution in [3.8, 4) is 17.3 Å². The molecule has 0 bridgehead atoms. The van der Waals surface area contributed by atoms with E-state index in [2.05, 4.69) is 20.5 Å². The molecule has 0 unspecified atom stereocenters. The van der Waals surface area contributed by atoms with Crippen molar-refractivity contribution in [1.29, 1.82) is 5.26 Å². The zero-order valence-electron chi connectivity index (χ0n) is 13.9. The number of nitrogens with zero attached hydrogens (tertiary/aromatic N) is 3. The number of benzene rings is 2. The van der Waals surface area contributed by atoms with Crippen molar-refractivity contribution in [3.63, 3.8) is 0 Å². The summed E-state index contributed by atoms with van der Waals surface area (Å²) in [5.41, 5.74) is 3.17. The second-order valence-corrected chi connectivity index (χ2v) is 5.38. The van der Waals surface area contributed by atoms with Crippen LogP contribution < -0.4 is 11.0 Å². The molecule has 132 valence electrons. The Hall–Kier alpha value is -4.25. The topological polar surface area (TPSA) is 131 Å². The molecule has 3 aromatic rings. The Kier molecular flexibility index (Phi) is 5.05. The normalized spacial score (nSPS) is 10.5. The predicted octanol–water partition coefficient (Wildman–Crippen LogP) is 2.45. The average Bonchev–Trinajstić information content (AvgIpc) is 2.68. The third kappa shape index (κ3) is 3.88. The van der Waals surface area contributed by atoms with Crippen LogP contribution in [-0.2, 0) is 0 Å². The molecule has 8 heteroatoms. The maximum absolute atomic E-state index is 12.2. The minimum atomic E-state index is -1.08. The summed E-state index contributed by atoms with van der Waals surface area (Å²) in [4.78, 5) is 30.0. The third-order valence-electron chi connectivity index (χ3n) is 3.64. The Morgan fingerprint density at radius 3 is 2.59 bits per heavy atom. The number of rotatable bonds is 5. The molecule has 0 radical (unpaired) electrons. The minimum absolute atomic E-state index is 0.0295. The van der Waals surface area contributed by atoms with E-state index in [0.29, 0.717) is 11.1 Å². The largest absolute Gasteiger partial charge is 0.478 e. The fraction of sp³-hybridized carbons (Fsp3) is 0. The lowest BCUT2D eigenvalue weighted by Crippen LogP contribution is -2.16. The summed E-state index contributed by atoms with van der Waals surface area (Å²) in [6.45, 7) is 0. The highest BCUT2D eigenvalue weighted by Gasteiger charge is 2.13. The Morgan fingerprint density at radius 2 is 1.89 bits per heavy atom. The first-order valence-electron chi connectivity index (χ1n) is 7.81. The van der Waals surface area contributed by atoms with Gasteiger partial charge in [0.2, 0.25) is 5.95 Å². The first-order valence-corrected chi connectivity index (χ1v) is 7.81. The van der Waals surface area contributed by atoms with Crippen LogP contribution in [0.3, 0.4) is 0 Å². The van der Waals surface area contributed by atoms with Crippen LogP contribution in [0.25, 0.3) is 11.3 Å². The molecule has 0 amide bonds. The number of carboxylic acid groups (broad SMARTS) is 1. The average molecular weight is 359 g/mol. The van der Waals surface area contributed by atoms with Crippen molar-refractivity contribution in [2.24, 2.45) is 5.10 Å². The molecule has 0 atom stereocenters. The third-order valence-corrected chi connectivity index (χ3v) is 3.64.